The van der Waals surface area contributed by atoms with Gasteiger partial charge in [-0.2, -0.15) is 0 Å². The molecule has 0 atom stereocenters. The topological polar surface area (TPSA) is 106 Å². The normalized spacial score (nSPS) is 15.3. The van der Waals surface area contributed by atoms with Gasteiger partial charge in [0.15, 0.2) is 0 Å². The number of rotatable bonds is 1. The summed E-state index contributed by atoms with van der Waals surface area (Å²) in [6, 6.07) is 9.79. The number of fused-ring (bicyclic) bond motifs is 2. The second-order valence-electron chi connectivity index (χ2n) is 4.53. The Morgan fingerprint density at radius 2 is 1.76 bits per heavy atom. The summed E-state index contributed by atoms with van der Waals surface area (Å²) in [6.45, 7) is 0. The Morgan fingerprint density at radius 3 is 2.48 bits per heavy atom. The molecule has 0 radical (unpaired) electrons. The first-order valence-corrected chi connectivity index (χ1v) is 7.49. The van der Waals surface area contributed by atoms with Gasteiger partial charge in [0.1, 0.15) is 0 Å². The highest BCUT2D eigenvalue weighted by Gasteiger charge is 2.31. The second kappa shape index (κ2) is 4.42. The van der Waals surface area contributed by atoms with Crippen molar-refractivity contribution < 1.29 is 18.0 Å². The van der Waals surface area contributed by atoms with Crippen LogP contribution in [-0.4, -0.2) is 20.2 Å². The van der Waals surface area contributed by atoms with E-state index in [2.05, 4.69) is 5.32 Å². The number of anilines is 1. The molecule has 3 rings (SSSR count). The third-order valence-corrected chi connectivity index (χ3v) is 5.09. The fourth-order valence-electron chi connectivity index (χ4n) is 2.21. The zero-order valence-corrected chi connectivity index (χ0v) is 11.5. The van der Waals surface area contributed by atoms with Crippen molar-refractivity contribution >= 4 is 27.3 Å². The van der Waals surface area contributed by atoms with Gasteiger partial charge in [0.25, 0.3) is 5.91 Å². The molecule has 0 saturated heterocycles. The van der Waals surface area contributed by atoms with Gasteiger partial charge in [0, 0.05) is 5.56 Å². The van der Waals surface area contributed by atoms with Gasteiger partial charge in [-0.05, 0) is 30.3 Å². The summed E-state index contributed by atoms with van der Waals surface area (Å²) in [5.74, 6) is -1.25. The van der Waals surface area contributed by atoms with Gasteiger partial charge >= 0.3 is 0 Å². The lowest BCUT2D eigenvalue weighted by Gasteiger charge is -2.08. The van der Waals surface area contributed by atoms with Gasteiger partial charge in [0.2, 0.25) is 15.7 Å². The minimum atomic E-state index is -3.85. The molecule has 21 heavy (non-hydrogen) atoms. The minimum absolute atomic E-state index is 0.0486. The Kier molecular flexibility index (Phi) is 2.80. The van der Waals surface area contributed by atoms with E-state index in [9.17, 15) is 18.0 Å². The van der Waals surface area contributed by atoms with E-state index in [1.165, 1.54) is 30.3 Å². The molecule has 0 spiro atoms. The highest BCUT2D eigenvalue weighted by atomic mass is 32.2. The number of carbonyl (C=O) groups is 2. The maximum absolute atomic E-state index is 12.6. The molecule has 0 aromatic heterocycles. The number of hydrogen-bond acceptors (Lipinski definition) is 4. The molecule has 106 valence electrons. The fraction of sp³-hybridized carbons (Fsp3) is 0. The van der Waals surface area contributed by atoms with Crippen LogP contribution in [0.2, 0.25) is 0 Å². The van der Waals surface area contributed by atoms with Crippen LogP contribution in [-0.2, 0) is 9.84 Å². The molecule has 7 heteroatoms. The molecule has 2 aromatic rings. The highest BCUT2D eigenvalue weighted by Crippen LogP contribution is 2.33. The van der Waals surface area contributed by atoms with Crippen LogP contribution < -0.4 is 11.1 Å². The number of primary amides is 1. The van der Waals surface area contributed by atoms with Gasteiger partial charge in [-0.15, -0.1) is 0 Å². The molecule has 3 N–H and O–H groups in total. The van der Waals surface area contributed by atoms with Crippen LogP contribution in [0.3, 0.4) is 0 Å². The molecule has 2 aromatic carbocycles. The molecular weight excluding hydrogens is 292 g/mol. The Hall–Kier alpha value is -2.67. The van der Waals surface area contributed by atoms with Crippen molar-refractivity contribution in [2.24, 2.45) is 5.73 Å². The van der Waals surface area contributed by atoms with Gasteiger partial charge in [0.05, 0.1) is 21.0 Å². The molecule has 1 heterocycles. The van der Waals surface area contributed by atoms with E-state index in [0.717, 1.165) is 0 Å². The molecule has 0 unspecified atom stereocenters. The Morgan fingerprint density at radius 1 is 1.05 bits per heavy atom. The molecule has 2 amide bonds. The first-order chi connectivity index (χ1) is 9.91. The summed E-state index contributed by atoms with van der Waals surface area (Å²) < 4.78 is 25.3. The lowest BCUT2D eigenvalue weighted by atomic mass is 10.1. The quantitative estimate of drug-likeness (QED) is 0.825. The lowest BCUT2D eigenvalue weighted by molar-refractivity contribution is 0.0995. The van der Waals surface area contributed by atoms with Crippen molar-refractivity contribution in [3.05, 3.63) is 53.6 Å². The number of carbonyl (C=O) groups excluding carboxylic acids is 2. The number of hydrogen-bond donors (Lipinski definition) is 2. The summed E-state index contributed by atoms with van der Waals surface area (Å²) in [7, 11) is -3.85. The summed E-state index contributed by atoms with van der Waals surface area (Å²) in [4.78, 5) is 23.2. The van der Waals surface area contributed by atoms with E-state index in [4.69, 9.17) is 5.73 Å². The number of nitrogens with two attached hydrogens (primary N) is 1. The summed E-state index contributed by atoms with van der Waals surface area (Å²) in [6.07, 6.45) is 0. The van der Waals surface area contributed by atoms with E-state index in [0.29, 0.717) is 0 Å². The first kappa shape index (κ1) is 13.3. The number of amides is 2. The average Bonchev–Trinajstić information content (AvgIpc) is 2.54. The van der Waals surface area contributed by atoms with Crippen LogP contribution in [0.25, 0.3) is 0 Å². The summed E-state index contributed by atoms with van der Waals surface area (Å²) in [5.41, 5.74) is 5.40. The van der Waals surface area contributed by atoms with Gasteiger partial charge < -0.3 is 11.1 Å². The van der Waals surface area contributed by atoms with Gasteiger partial charge in [-0.1, -0.05) is 12.1 Å². The maximum atomic E-state index is 12.6. The Balaban J connectivity index is 2.34. The molecule has 0 fully saturated rings. The van der Waals surface area contributed by atoms with E-state index < -0.39 is 21.7 Å². The van der Waals surface area contributed by atoms with E-state index in [-0.39, 0.29) is 26.6 Å². The van der Waals surface area contributed by atoms with Crippen molar-refractivity contribution in [2.75, 3.05) is 5.32 Å². The minimum Gasteiger partial charge on any atom is -0.366 e. The standard InChI is InChI=1S/C14H10N2O4S/c15-13(17)8-5-6-12-10(7-8)16-14(18)9-3-1-2-4-11(9)21(12,19)20/h1-7H,(H2,15,17)(H,16,18). The Bertz CT molecular complexity index is 888. The largest absolute Gasteiger partial charge is 0.366 e. The van der Waals surface area contributed by atoms with Crippen molar-refractivity contribution in [1.82, 2.24) is 0 Å². The third kappa shape index (κ3) is 1.98. The van der Waals surface area contributed by atoms with Crippen LogP contribution in [0.15, 0.2) is 52.3 Å². The second-order valence-corrected chi connectivity index (χ2v) is 6.42. The van der Waals surface area contributed by atoms with E-state index in [1.54, 1.807) is 12.1 Å². The van der Waals surface area contributed by atoms with Crippen LogP contribution in [0, 0.1) is 0 Å². The van der Waals surface area contributed by atoms with Crippen LogP contribution in [0.4, 0.5) is 5.69 Å². The lowest BCUT2D eigenvalue weighted by Crippen LogP contribution is -2.14. The molecular formula is C14H10N2O4S. The molecule has 1 aliphatic heterocycles. The van der Waals surface area contributed by atoms with Gasteiger partial charge in [-0.25, -0.2) is 8.42 Å². The number of benzene rings is 2. The fourth-order valence-corrected chi connectivity index (χ4v) is 3.80. The maximum Gasteiger partial charge on any atom is 0.257 e. The van der Waals surface area contributed by atoms with Crippen molar-refractivity contribution in [3.63, 3.8) is 0 Å². The summed E-state index contributed by atoms with van der Waals surface area (Å²) in [5, 5.41) is 2.50. The number of nitrogens with one attached hydrogen (secondary N) is 1. The van der Waals surface area contributed by atoms with E-state index >= 15 is 0 Å². The van der Waals surface area contributed by atoms with Crippen molar-refractivity contribution in [1.29, 1.82) is 0 Å². The summed E-state index contributed by atoms with van der Waals surface area (Å²) >= 11 is 0. The monoisotopic (exact) mass is 302 g/mol. The first-order valence-electron chi connectivity index (χ1n) is 6.00. The van der Waals surface area contributed by atoms with Crippen LogP contribution in [0.1, 0.15) is 20.7 Å². The van der Waals surface area contributed by atoms with Crippen molar-refractivity contribution in [3.8, 4) is 0 Å². The molecule has 0 bridgehead atoms. The zero-order chi connectivity index (χ0) is 15.2. The third-order valence-electron chi connectivity index (χ3n) is 3.22. The Labute approximate surface area is 120 Å². The number of sulfone groups is 1. The average molecular weight is 302 g/mol. The van der Waals surface area contributed by atoms with Crippen molar-refractivity contribution in [2.45, 2.75) is 9.79 Å². The molecule has 6 nitrogen and oxygen atoms in total. The highest BCUT2D eigenvalue weighted by molar-refractivity contribution is 7.91. The SMILES string of the molecule is NC(=O)c1ccc2c(c1)NC(=O)c1ccccc1S2(=O)=O. The zero-order valence-electron chi connectivity index (χ0n) is 10.7. The smallest absolute Gasteiger partial charge is 0.257 e. The molecule has 0 saturated carbocycles. The van der Waals surface area contributed by atoms with E-state index in [1.807, 2.05) is 0 Å². The van der Waals surface area contributed by atoms with Gasteiger partial charge in [-0.3, -0.25) is 9.59 Å². The predicted molar refractivity (Wildman–Crippen MR) is 74.8 cm³/mol. The molecule has 1 aliphatic rings. The predicted octanol–water partition coefficient (Wildman–Crippen LogP) is 1.18. The van der Waals surface area contributed by atoms with Crippen LogP contribution in [0.5, 0.6) is 0 Å². The van der Waals surface area contributed by atoms with Crippen LogP contribution >= 0.6 is 0 Å². The molecule has 0 aliphatic carbocycles.